The van der Waals surface area contributed by atoms with Crippen molar-refractivity contribution >= 4 is 27.6 Å². The zero-order chi connectivity index (χ0) is 21.4. The highest BCUT2D eigenvalue weighted by Crippen LogP contribution is 2.12. The van der Waals surface area contributed by atoms with E-state index in [9.17, 15) is 18.0 Å². The molecule has 8 heteroatoms. The number of anilines is 1. The van der Waals surface area contributed by atoms with E-state index in [1.807, 2.05) is 26.0 Å². The zero-order valence-corrected chi connectivity index (χ0v) is 17.6. The van der Waals surface area contributed by atoms with Gasteiger partial charge in [-0.1, -0.05) is 36.8 Å². The predicted molar refractivity (Wildman–Crippen MR) is 111 cm³/mol. The van der Waals surface area contributed by atoms with Gasteiger partial charge in [-0.3, -0.25) is 9.59 Å². The first-order chi connectivity index (χ1) is 13.7. The molecule has 2 aromatic rings. The highest BCUT2D eigenvalue weighted by Gasteiger charge is 2.19. The minimum atomic E-state index is -3.70. The second kappa shape index (κ2) is 10.2. The lowest BCUT2D eigenvalue weighted by atomic mass is 10.1. The number of esters is 1. The van der Waals surface area contributed by atoms with Gasteiger partial charge in [-0.2, -0.15) is 0 Å². The van der Waals surface area contributed by atoms with Crippen molar-refractivity contribution in [1.29, 1.82) is 0 Å². The average Bonchev–Trinajstić information content (AvgIpc) is 2.68. The lowest BCUT2D eigenvalue weighted by Crippen LogP contribution is -2.32. The number of amides is 1. The van der Waals surface area contributed by atoms with Gasteiger partial charge in [0.1, 0.15) is 0 Å². The first kappa shape index (κ1) is 22.6. The van der Waals surface area contributed by atoms with Gasteiger partial charge in [0, 0.05) is 12.2 Å². The van der Waals surface area contributed by atoms with E-state index in [0.717, 1.165) is 17.5 Å². The van der Waals surface area contributed by atoms with Crippen LogP contribution in [0.4, 0.5) is 5.69 Å². The highest BCUT2D eigenvalue weighted by atomic mass is 32.2. The largest absolute Gasteiger partial charge is 0.452 e. The Bertz CT molecular complexity index is 938. The molecule has 0 aliphatic rings. The van der Waals surface area contributed by atoms with Gasteiger partial charge < -0.3 is 10.1 Å². The molecule has 1 amide bonds. The fourth-order valence-corrected chi connectivity index (χ4v) is 3.50. The van der Waals surface area contributed by atoms with E-state index in [1.54, 1.807) is 24.3 Å². The summed E-state index contributed by atoms with van der Waals surface area (Å²) in [5, 5.41) is 2.68. The van der Waals surface area contributed by atoms with Crippen LogP contribution in [0, 0.1) is 6.92 Å². The minimum absolute atomic E-state index is 0.123. The van der Waals surface area contributed by atoms with Gasteiger partial charge in [0.25, 0.3) is 5.91 Å². The van der Waals surface area contributed by atoms with Gasteiger partial charge >= 0.3 is 5.97 Å². The maximum absolute atomic E-state index is 12.2. The molecule has 0 saturated heterocycles. The third-order valence-electron chi connectivity index (χ3n) is 4.26. The molecular weight excluding hydrogens is 392 g/mol. The summed E-state index contributed by atoms with van der Waals surface area (Å²) >= 11 is 0. The normalized spacial score (nSPS) is 12.2. The fraction of sp³-hybridized carbons (Fsp3) is 0.333. The van der Waals surface area contributed by atoms with E-state index >= 15 is 0 Å². The van der Waals surface area contributed by atoms with E-state index in [0.29, 0.717) is 5.69 Å². The number of ether oxygens (including phenoxy) is 1. The third kappa shape index (κ3) is 6.99. The van der Waals surface area contributed by atoms with Crippen molar-refractivity contribution in [2.45, 2.75) is 44.6 Å². The number of aryl methyl sites for hydroxylation is 2. The van der Waals surface area contributed by atoms with E-state index in [4.69, 9.17) is 4.74 Å². The summed E-state index contributed by atoms with van der Waals surface area (Å²) in [6.07, 6.45) is -0.286. The summed E-state index contributed by atoms with van der Waals surface area (Å²) in [5.41, 5.74) is 2.71. The lowest BCUT2D eigenvalue weighted by Gasteiger charge is -2.14. The molecule has 0 bridgehead atoms. The molecule has 0 aliphatic carbocycles. The van der Waals surface area contributed by atoms with E-state index in [2.05, 4.69) is 10.0 Å². The Hall–Kier alpha value is -2.71. The van der Waals surface area contributed by atoms with Gasteiger partial charge in [-0.25, -0.2) is 13.1 Å². The third-order valence-corrected chi connectivity index (χ3v) is 5.74. The second-order valence-corrected chi connectivity index (χ2v) is 8.40. The SMILES string of the molecule is CCc1ccc(NC(=O)[C@@H](C)OC(=O)CCNS(=O)(=O)c2ccc(C)cc2)cc1. The Morgan fingerprint density at radius 2 is 1.66 bits per heavy atom. The first-order valence-corrected chi connectivity index (χ1v) is 10.8. The average molecular weight is 419 g/mol. The van der Waals surface area contributed by atoms with E-state index < -0.39 is 28.0 Å². The van der Waals surface area contributed by atoms with Crippen LogP contribution >= 0.6 is 0 Å². The van der Waals surface area contributed by atoms with Crippen LogP contribution in [0.25, 0.3) is 0 Å². The Kier molecular flexibility index (Phi) is 7.92. The van der Waals surface area contributed by atoms with Crippen molar-refractivity contribution in [3.8, 4) is 0 Å². The summed E-state index contributed by atoms with van der Waals surface area (Å²) in [6.45, 7) is 5.24. The zero-order valence-electron chi connectivity index (χ0n) is 16.8. The summed E-state index contributed by atoms with van der Waals surface area (Å²) in [5.74, 6) is -1.12. The molecule has 0 heterocycles. The number of benzene rings is 2. The molecular formula is C21H26N2O5S. The standard InChI is InChI=1S/C21H26N2O5S/c1-4-17-7-9-18(10-8-17)23-21(25)16(3)28-20(24)13-14-22-29(26,27)19-11-5-15(2)6-12-19/h5-12,16,22H,4,13-14H2,1-3H3,(H,23,25)/t16-/m1/s1. The highest BCUT2D eigenvalue weighted by molar-refractivity contribution is 7.89. The molecule has 0 saturated carbocycles. The molecule has 1 atom stereocenters. The van der Waals surface area contributed by atoms with Gasteiger partial charge in [0.05, 0.1) is 11.3 Å². The monoisotopic (exact) mass is 418 g/mol. The molecule has 0 unspecified atom stereocenters. The molecule has 2 aromatic carbocycles. The maximum atomic E-state index is 12.2. The maximum Gasteiger partial charge on any atom is 0.307 e. The van der Waals surface area contributed by atoms with Crippen molar-refractivity contribution in [3.63, 3.8) is 0 Å². The van der Waals surface area contributed by atoms with E-state index in [-0.39, 0.29) is 17.9 Å². The van der Waals surface area contributed by atoms with Crippen LogP contribution in [0.15, 0.2) is 53.4 Å². The fourth-order valence-electron chi connectivity index (χ4n) is 2.47. The predicted octanol–water partition coefficient (Wildman–Crippen LogP) is 2.80. The number of carbonyl (C=O) groups is 2. The van der Waals surface area contributed by atoms with Crippen molar-refractivity contribution < 1.29 is 22.7 Å². The van der Waals surface area contributed by atoms with Crippen molar-refractivity contribution in [1.82, 2.24) is 4.72 Å². The number of carbonyl (C=O) groups excluding carboxylic acids is 2. The van der Waals surface area contributed by atoms with Crippen LogP contribution in [-0.2, 0) is 30.8 Å². The van der Waals surface area contributed by atoms with Gasteiger partial charge in [-0.05, 0) is 50.1 Å². The van der Waals surface area contributed by atoms with Gasteiger partial charge in [0.2, 0.25) is 10.0 Å². The topological polar surface area (TPSA) is 102 Å². The molecule has 0 fully saturated rings. The molecule has 0 radical (unpaired) electrons. The van der Waals surface area contributed by atoms with Crippen molar-refractivity contribution in [2.75, 3.05) is 11.9 Å². The lowest BCUT2D eigenvalue weighted by molar-refractivity contribution is -0.152. The van der Waals surface area contributed by atoms with Crippen LogP contribution < -0.4 is 10.0 Å². The van der Waals surface area contributed by atoms with Crippen LogP contribution in [-0.4, -0.2) is 32.9 Å². The smallest absolute Gasteiger partial charge is 0.307 e. The van der Waals surface area contributed by atoms with Crippen LogP contribution in [0.3, 0.4) is 0 Å². The molecule has 7 nitrogen and oxygen atoms in total. The molecule has 2 N–H and O–H groups in total. The number of rotatable bonds is 9. The summed E-state index contributed by atoms with van der Waals surface area (Å²) in [7, 11) is -3.70. The number of sulfonamides is 1. The number of hydrogen-bond donors (Lipinski definition) is 2. The van der Waals surface area contributed by atoms with Gasteiger partial charge in [0.15, 0.2) is 6.10 Å². The molecule has 0 aliphatic heterocycles. The van der Waals surface area contributed by atoms with Crippen LogP contribution in [0.2, 0.25) is 0 Å². The Morgan fingerprint density at radius 1 is 1.03 bits per heavy atom. The first-order valence-electron chi connectivity index (χ1n) is 9.37. The minimum Gasteiger partial charge on any atom is -0.452 e. The molecule has 2 rings (SSSR count). The summed E-state index contributed by atoms with van der Waals surface area (Å²) in [4.78, 5) is 24.2. The Balaban J connectivity index is 1.78. The Labute approximate surface area is 171 Å². The van der Waals surface area contributed by atoms with Crippen LogP contribution in [0.1, 0.15) is 31.4 Å². The summed E-state index contributed by atoms with van der Waals surface area (Å²) < 4.78 is 31.8. The molecule has 29 heavy (non-hydrogen) atoms. The molecule has 0 aromatic heterocycles. The number of hydrogen-bond acceptors (Lipinski definition) is 5. The second-order valence-electron chi connectivity index (χ2n) is 6.63. The summed E-state index contributed by atoms with van der Waals surface area (Å²) in [6, 6.07) is 13.8. The molecule has 0 spiro atoms. The van der Waals surface area contributed by atoms with Crippen molar-refractivity contribution in [2.24, 2.45) is 0 Å². The van der Waals surface area contributed by atoms with Crippen molar-refractivity contribution in [3.05, 3.63) is 59.7 Å². The van der Waals surface area contributed by atoms with E-state index in [1.165, 1.54) is 19.1 Å². The molecule has 156 valence electrons. The Morgan fingerprint density at radius 3 is 2.24 bits per heavy atom. The quantitative estimate of drug-likeness (QED) is 0.610. The number of nitrogens with one attached hydrogen (secondary N) is 2. The van der Waals surface area contributed by atoms with Gasteiger partial charge in [-0.15, -0.1) is 0 Å². The van der Waals surface area contributed by atoms with Crippen LogP contribution in [0.5, 0.6) is 0 Å².